The van der Waals surface area contributed by atoms with Gasteiger partial charge in [0.25, 0.3) is 5.91 Å². The van der Waals surface area contributed by atoms with Crippen LogP contribution >= 0.6 is 0 Å². The second-order valence-corrected chi connectivity index (χ2v) is 2.62. The predicted molar refractivity (Wildman–Crippen MR) is 46.8 cm³/mol. The average molecular weight is 157 g/mol. The molecule has 0 spiro atoms. The zero-order chi connectivity index (χ0) is 8.55. The summed E-state index contributed by atoms with van der Waals surface area (Å²) >= 11 is 0. The van der Waals surface area contributed by atoms with E-state index in [1.165, 1.54) is 6.08 Å². The smallest absolute Gasteiger partial charge is 0.267 e. The van der Waals surface area contributed by atoms with Gasteiger partial charge in [-0.2, -0.15) is 0 Å². The maximum absolute atomic E-state index is 10.9. The van der Waals surface area contributed by atoms with E-state index in [0.717, 1.165) is 16.1 Å². The molecule has 0 radical (unpaired) electrons. The molecule has 0 aliphatic carbocycles. The van der Waals surface area contributed by atoms with E-state index in [0.29, 0.717) is 0 Å². The number of rotatable bonds is 1. The van der Waals surface area contributed by atoms with Gasteiger partial charge in [0.2, 0.25) is 0 Å². The van der Waals surface area contributed by atoms with Gasteiger partial charge in [-0.3, -0.25) is 4.79 Å². The summed E-state index contributed by atoms with van der Waals surface area (Å²) < 4.78 is 0. The SMILES string of the molecule is C=Cc1ccc2c(c1)=CC(=O)N=2. The minimum Gasteiger partial charge on any atom is -0.267 e. The fourth-order valence-electron chi connectivity index (χ4n) is 1.20. The highest BCUT2D eigenvalue weighted by atomic mass is 16.1. The Bertz CT molecular complexity index is 471. The maximum Gasteiger partial charge on any atom is 0.270 e. The summed E-state index contributed by atoms with van der Waals surface area (Å²) in [5.74, 6) is -0.175. The van der Waals surface area contributed by atoms with Crippen LogP contribution in [-0.2, 0) is 4.79 Å². The summed E-state index contributed by atoms with van der Waals surface area (Å²) in [5, 5.41) is 1.64. The van der Waals surface area contributed by atoms with E-state index in [1.807, 2.05) is 18.2 Å². The molecule has 0 aromatic heterocycles. The van der Waals surface area contributed by atoms with Crippen molar-refractivity contribution in [3.8, 4) is 0 Å². The Balaban J connectivity index is 2.80. The number of nitrogens with zero attached hydrogens (tertiary/aromatic N) is 1. The van der Waals surface area contributed by atoms with Crippen LogP contribution in [0.25, 0.3) is 12.2 Å². The summed E-state index contributed by atoms with van der Waals surface area (Å²) in [6, 6.07) is 5.62. The highest BCUT2D eigenvalue weighted by Crippen LogP contribution is 1.94. The first-order valence-corrected chi connectivity index (χ1v) is 3.66. The third kappa shape index (κ3) is 0.975. The molecule has 12 heavy (non-hydrogen) atoms. The molecule has 0 atom stereocenters. The molecule has 1 aliphatic rings. The first kappa shape index (κ1) is 6.98. The number of carbonyl (C=O) groups excluding carboxylic acids is 1. The van der Waals surface area contributed by atoms with Crippen molar-refractivity contribution >= 4 is 18.1 Å². The third-order valence-corrected chi connectivity index (χ3v) is 1.80. The van der Waals surface area contributed by atoms with E-state index in [2.05, 4.69) is 11.6 Å². The summed E-state index contributed by atoms with van der Waals surface area (Å²) in [6.07, 6.45) is 3.28. The molecule has 0 fully saturated rings. The van der Waals surface area contributed by atoms with Gasteiger partial charge in [0, 0.05) is 11.3 Å². The van der Waals surface area contributed by atoms with Crippen LogP contribution in [0.5, 0.6) is 0 Å². The molecule has 0 saturated heterocycles. The van der Waals surface area contributed by atoms with Crippen molar-refractivity contribution < 1.29 is 4.79 Å². The van der Waals surface area contributed by atoms with Crippen molar-refractivity contribution in [2.24, 2.45) is 4.99 Å². The topological polar surface area (TPSA) is 29.4 Å². The molecule has 1 heterocycles. The molecule has 0 saturated carbocycles. The lowest BCUT2D eigenvalue weighted by Crippen LogP contribution is -2.20. The zero-order valence-electron chi connectivity index (χ0n) is 6.45. The van der Waals surface area contributed by atoms with E-state index in [1.54, 1.807) is 6.08 Å². The largest absolute Gasteiger partial charge is 0.270 e. The first-order chi connectivity index (χ1) is 5.79. The number of fused-ring (bicyclic) bond motifs is 1. The van der Waals surface area contributed by atoms with Crippen LogP contribution in [-0.4, -0.2) is 5.91 Å². The van der Waals surface area contributed by atoms with Gasteiger partial charge in [0.1, 0.15) is 0 Å². The number of hydrogen-bond donors (Lipinski definition) is 0. The maximum atomic E-state index is 10.9. The van der Waals surface area contributed by atoms with E-state index < -0.39 is 0 Å². The molecule has 1 amide bonds. The highest BCUT2D eigenvalue weighted by Gasteiger charge is 2.01. The molecule has 1 aromatic rings. The zero-order valence-corrected chi connectivity index (χ0v) is 6.45. The number of amides is 1. The number of benzene rings is 1. The monoisotopic (exact) mass is 157 g/mol. The van der Waals surface area contributed by atoms with Crippen molar-refractivity contribution in [3.05, 3.63) is 40.9 Å². The summed E-state index contributed by atoms with van der Waals surface area (Å²) in [6.45, 7) is 3.65. The van der Waals surface area contributed by atoms with Gasteiger partial charge in [0.05, 0.1) is 5.36 Å². The average Bonchev–Trinajstić information content (AvgIpc) is 2.43. The van der Waals surface area contributed by atoms with Crippen molar-refractivity contribution in [2.45, 2.75) is 0 Å². The Labute approximate surface area is 69.6 Å². The lowest BCUT2D eigenvalue weighted by atomic mass is 10.2. The van der Waals surface area contributed by atoms with E-state index in [-0.39, 0.29) is 5.91 Å². The minimum absolute atomic E-state index is 0.175. The van der Waals surface area contributed by atoms with E-state index >= 15 is 0 Å². The van der Waals surface area contributed by atoms with Crippen molar-refractivity contribution in [3.63, 3.8) is 0 Å². The van der Waals surface area contributed by atoms with E-state index in [9.17, 15) is 4.79 Å². The minimum atomic E-state index is -0.175. The molecule has 0 unspecified atom stereocenters. The fourth-order valence-corrected chi connectivity index (χ4v) is 1.20. The molecular formula is C10H7NO. The molecule has 2 nitrogen and oxygen atoms in total. The molecule has 1 aromatic carbocycles. The van der Waals surface area contributed by atoms with Gasteiger partial charge in [-0.25, -0.2) is 4.99 Å². The molecule has 1 aliphatic heterocycles. The van der Waals surface area contributed by atoms with Crippen molar-refractivity contribution in [1.82, 2.24) is 0 Å². The van der Waals surface area contributed by atoms with Crippen LogP contribution in [0.1, 0.15) is 5.56 Å². The van der Waals surface area contributed by atoms with Gasteiger partial charge >= 0.3 is 0 Å². The van der Waals surface area contributed by atoms with Gasteiger partial charge in [-0.05, 0) is 17.7 Å². The van der Waals surface area contributed by atoms with Gasteiger partial charge < -0.3 is 0 Å². The van der Waals surface area contributed by atoms with E-state index in [4.69, 9.17) is 0 Å². The summed E-state index contributed by atoms with van der Waals surface area (Å²) in [4.78, 5) is 14.7. The van der Waals surface area contributed by atoms with Gasteiger partial charge in [-0.1, -0.05) is 18.7 Å². The highest BCUT2D eigenvalue weighted by molar-refractivity contribution is 6.06. The van der Waals surface area contributed by atoms with Crippen molar-refractivity contribution in [2.75, 3.05) is 0 Å². The van der Waals surface area contributed by atoms with Crippen LogP contribution in [0.2, 0.25) is 0 Å². The number of carbonyl (C=O) groups is 1. The summed E-state index contributed by atoms with van der Waals surface area (Å²) in [7, 11) is 0. The standard InChI is InChI=1S/C10H7NO/c1-2-7-3-4-9-8(5-7)6-10(12)11-9/h2-6H,1H2. The van der Waals surface area contributed by atoms with Crippen LogP contribution in [0.4, 0.5) is 0 Å². The first-order valence-electron chi connectivity index (χ1n) is 3.66. The predicted octanol–water partition coefficient (Wildman–Crippen LogP) is 0.270. The third-order valence-electron chi connectivity index (χ3n) is 1.80. The Morgan fingerprint density at radius 3 is 3.00 bits per heavy atom. The fraction of sp³-hybridized carbons (Fsp3) is 0. The molecule has 0 N–H and O–H groups in total. The van der Waals surface area contributed by atoms with Crippen LogP contribution in [0.3, 0.4) is 0 Å². The molecular weight excluding hydrogens is 150 g/mol. The van der Waals surface area contributed by atoms with Crippen LogP contribution in [0.15, 0.2) is 29.8 Å². The second-order valence-electron chi connectivity index (χ2n) is 2.62. The molecule has 2 rings (SSSR count). The second kappa shape index (κ2) is 2.41. The Morgan fingerprint density at radius 1 is 1.42 bits per heavy atom. The Morgan fingerprint density at radius 2 is 2.25 bits per heavy atom. The molecule has 0 bridgehead atoms. The number of hydrogen-bond acceptors (Lipinski definition) is 1. The van der Waals surface area contributed by atoms with Crippen molar-refractivity contribution in [1.29, 1.82) is 0 Å². The van der Waals surface area contributed by atoms with Crippen LogP contribution < -0.4 is 10.6 Å². The normalized spacial score (nSPS) is 13.2. The van der Waals surface area contributed by atoms with Crippen LogP contribution in [0, 0.1) is 0 Å². The van der Waals surface area contributed by atoms with Gasteiger partial charge in [0.15, 0.2) is 0 Å². The lowest BCUT2D eigenvalue weighted by Gasteiger charge is -1.88. The molecule has 58 valence electrons. The van der Waals surface area contributed by atoms with Gasteiger partial charge in [-0.15, -0.1) is 0 Å². The Kier molecular flexibility index (Phi) is 1.40. The Hall–Kier alpha value is -1.70. The quantitative estimate of drug-likeness (QED) is 0.575. The lowest BCUT2D eigenvalue weighted by molar-refractivity contribution is -0.112. The molecule has 2 heteroatoms. The summed E-state index contributed by atoms with van der Waals surface area (Å²) in [5.41, 5.74) is 1.01.